The molecule has 0 aliphatic rings. The van der Waals surface area contributed by atoms with Crippen molar-refractivity contribution in [3.63, 3.8) is 0 Å². The molecular formula is C17H24FNO2. The van der Waals surface area contributed by atoms with E-state index in [1.807, 2.05) is 7.05 Å². The Morgan fingerprint density at radius 2 is 2.05 bits per heavy atom. The Morgan fingerprint density at radius 1 is 1.43 bits per heavy atom. The molecule has 21 heavy (non-hydrogen) atoms. The topological polar surface area (TPSA) is 40.5 Å². The van der Waals surface area contributed by atoms with Gasteiger partial charge in [-0.1, -0.05) is 26.8 Å². The fraction of sp³-hybridized carbons (Fsp3) is 0.471. The second-order valence-electron chi connectivity index (χ2n) is 6.48. The van der Waals surface area contributed by atoms with Crippen molar-refractivity contribution in [1.29, 1.82) is 0 Å². The molecule has 1 aromatic rings. The van der Waals surface area contributed by atoms with Crippen molar-refractivity contribution in [3.05, 3.63) is 41.2 Å². The first-order chi connectivity index (χ1) is 9.61. The highest BCUT2D eigenvalue weighted by atomic mass is 19.1. The fourth-order valence-electron chi connectivity index (χ4n) is 2.07. The molecule has 4 heteroatoms. The number of halogens is 1. The van der Waals surface area contributed by atoms with Gasteiger partial charge in [0, 0.05) is 24.2 Å². The first-order valence-electron chi connectivity index (χ1n) is 7.01. The minimum atomic E-state index is -1.08. The number of carbonyl (C=O) groups is 1. The van der Waals surface area contributed by atoms with Crippen molar-refractivity contribution in [3.8, 4) is 0 Å². The maximum absolute atomic E-state index is 13.6. The molecule has 3 nitrogen and oxygen atoms in total. The Labute approximate surface area is 126 Å². The Hall–Kier alpha value is -1.68. The lowest BCUT2D eigenvalue weighted by Gasteiger charge is -2.35. The molecule has 0 spiro atoms. The van der Waals surface area contributed by atoms with Gasteiger partial charge >= 0.3 is 5.97 Å². The Bertz CT molecular complexity index is 532. The van der Waals surface area contributed by atoms with Crippen LogP contribution in [0.2, 0.25) is 0 Å². The molecule has 0 amide bonds. The first-order valence-corrected chi connectivity index (χ1v) is 7.01. The van der Waals surface area contributed by atoms with E-state index in [9.17, 15) is 9.18 Å². The second-order valence-corrected chi connectivity index (χ2v) is 6.48. The van der Waals surface area contributed by atoms with Crippen molar-refractivity contribution >= 4 is 12.0 Å². The Kier molecular flexibility index (Phi) is 5.67. The normalized spacial score (nSPS) is 13.9. The summed E-state index contributed by atoms with van der Waals surface area (Å²) in [7, 11) is 2.03. The van der Waals surface area contributed by atoms with Crippen LogP contribution in [0.5, 0.6) is 0 Å². The van der Waals surface area contributed by atoms with Gasteiger partial charge in [-0.2, -0.15) is 0 Å². The zero-order valence-corrected chi connectivity index (χ0v) is 13.4. The van der Waals surface area contributed by atoms with Crippen LogP contribution >= 0.6 is 0 Å². The summed E-state index contributed by atoms with van der Waals surface area (Å²) in [5.41, 5.74) is 1.41. The Balaban J connectivity index is 2.90. The lowest BCUT2D eigenvalue weighted by Crippen LogP contribution is -2.38. The maximum atomic E-state index is 13.6. The summed E-state index contributed by atoms with van der Waals surface area (Å²) in [6.07, 6.45) is 2.23. The van der Waals surface area contributed by atoms with Gasteiger partial charge in [-0.05, 0) is 43.2 Å². The highest BCUT2D eigenvalue weighted by Crippen LogP contribution is 2.24. The molecule has 0 heterocycles. The van der Waals surface area contributed by atoms with Crippen molar-refractivity contribution in [2.24, 2.45) is 5.41 Å². The predicted molar refractivity (Wildman–Crippen MR) is 83.5 cm³/mol. The molecule has 0 radical (unpaired) electrons. The van der Waals surface area contributed by atoms with Gasteiger partial charge in [0.1, 0.15) is 5.82 Å². The number of carboxylic acid groups (broad SMARTS) is 1. The molecule has 116 valence electrons. The number of hydrogen-bond donors (Lipinski definition) is 1. The van der Waals surface area contributed by atoms with Crippen molar-refractivity contribution < 1.29 is 14.3 Å². The molecule has 1 unspecified atom stereocenters. The van der Waals surface area contributed by atoms with Gasteiger partial charge in [0.15, 0.2) is 0 Å². The van der Waals surface area contributed by atoms with Crippen LogP contribution in [0.1, 0.15) is 38.8 Å². The highest BCUT2D eigenvalue weighted by molar-refractivity contribution is 5.85. The van der Waals surface area contributed by atoms with Crippen molar-refractivity contribution in [2.45, 2.75) is 40.3 Å². The maximum Gasteiger partial charge on any atom is 0.328 e. The summed E-state index contributed by atoms with van der Waals surface area (Å²) in [4.78, 5) is 12.7. The van der Waals surface area contributed by atoms with E-state index in [1.165, 1.54) is 12.1 Å². The summed E-state index contributed by atoms with van der Waals surface area (Å²) >= 11 is 0. The molecule has 0 aromatic heterocycles. The molecule has 0 bridgehead atoms. The van der Waals surface area contributed by atoms with Crippen LogP contribution < -0.4 is 0 Å². The second kappa shape index (κ2) is 6.85. The molecule has 1 atom stereocenters. The van der Waals surface area contributed by atoms with E-state index >= 15 is 0 Å². The van der Waals surface area contributed by atoms with Gasteiger partial charge in [0.25, 0.3) is 0 Å². The van der Waals surface area contributed by atoms with E-state index in [4.69, 9.17) is 5.11 Å². The number of hydrogen-bond acceptors (Lipinski definition) is 2. The fourth-order valence-corrected chi connectivity index (χ4v) is 2.07. The van der Waals surface area contributed by atoms with Crippen LogP contribution in [0.4, 0.5) is 4.39 Å². The molecular weight excluding hydrogens is 269 g/mol. The van der Waals surface area contributed by atoms with Crippen molar-refractivity contribution in [1.82, 2.24) is 4.90 Å². The zero-order valence-electron chi connectivity index (χ0n) is 13.4. The van der Waals surface area contributed by atoms with Gasteiger partial charge in [-0.15, -0.1) is 0 Å². The van der Waals surface area contributed by atoms with Crippen LogP contribution in [0.25, 0.3) is 6.08 Å². The summed E-state index contributed by atoms with van der Waals surface area (Å²) in [6.45, 7) is 9.39. The van der Waals surface area contributed by atoms with E-state index in [2.05, 4.69) is 32.6 Å². The molecule has 0 aliphatic heterocycles. The van der Waals surface area contributed by atoms with E-state index < -0.39 is 11.8 Å². The molecule has 0 fully saturated rings. The van der Waals surface area contributed by atoms with Gasteiger partial charge in [0.2, 0.25) is 0 Å². The standard InChI is InChI=1S/C17H24FNO2/c1-12(17(2,3)4)19(5)11-13-6-8-15(18)14(10-13)7-9-16(20)21/h6-10,12H,11H2,1-5H3,(H,20,21). The first kappa shape index (κ1) is 17.4. The lowest BCUT2D eigenvalue weighted by molar-refractivity contribution is -0.131. The summed E-state index contributed by atoms with van der Waals surface area (Å²) < 4.78 is 13.6. The third kappa shape index (κ3) is 5.31. The van der Waals surface area contributed by atoms with Gasteiger partial charge in [-0.25, -0.2) is 9.18 Å². The minimum absolute atomic E-state index is 0.154. The lowest BCUT2D eigenvalue weighted by atomic mass is 9.87. The summed E-state index contributed by atoms with van der Waals surface area (Å²) in [5.74, 6) is -1.50. The van der Waals surface area contributed by atoms with E-state index in [1.54, 1.807) is 12.1 Å². The molecule has 1 N–H and O–H groups in total. The molecule has 0 saturated carbocycles. The monoisotopic (exact) mass is 293 g/mol. The Morgan fingerprint density at radius 3 is 2.57 bits per heavy atom. The smallest absolute Gasteiger partial charge is 0.328 e. The highest BCUT2D eigenvalue weighted by Gasteiger charge is 2.23. The molecule has 1 rings (SSSR count). The third-order valence-corrected chi connectivity index (χ3v) is 3.81. The quantitative estimate of drug-likeness (QED) is 0.840. The van der Waals surface area contributed by atoms with Crippen LogP contribution in [0, 0.1) is 11.2 Å². The summed E-state index contributed by atoms with van der Waals surface area (Å²) in [6, 6.07) is 5.17. The molecule has 0 aliphatic carbocycles. The number of benzene rings is 1. The van der Waals surface area contributed by atoms with Crippen LogP contribution in [-0.4, -0.2) is 29.1 Å². The largest absolute Gasteiger partial charge is 0.478 e. The number of aliphatic carboxylic acids is 1. The number of rotatable bonds is 5. The van der Waals surface area contributed by atoms with Gasteiger partial charge < -0.3 is 5.11 Å². The van der Waals surface area contributed by atoms with E-state index in [0.717, 1.165) is 11.6 Å². The third-order valence-electron chi connectivity index (χ3n) is 3.81. The average molecular weight is 293 g/mol. The van der Waals surface area contributed by atoms with Gasteiger partial charge in [-0.3, -0.25) is 4.90 Å². The molecule has 0 saturated heterocycles. The van der Waals surface area contributed by atoms with E-state index in [-0.39, 0.29) is 5.41 Å². The predicted octanol–water partition coefficient (Wildman–Crippen LogP) is 3.79. The van der Waals surface area contributed by atoms with Crippen LogP contribution in [0.15, 0.2) is 24.3 Å². The van der Waals surface area contributed by atoms with Crippen LogP contribution in [0.3, 0.4) is 0 Å². The summed E-state index contributed by atoms with van der Waals surface area (Å²) in [5, 5.41) is 8.63. The van der Waals surface area contributed by atoms with Crippen molar-refractivity contribution in [2.75, 3.05) is 7.05 Å². The zero-order chi connectivity index (χ0) is 16.2. The SMILES string of the molecule is CC(N(C)Cc1ccc(F)c(C=CC(=O)O)c1)C(C)(C)C. The van der Waals surface area contributed by atoms with Gasteiger partial charge in [0.05, 0.1) is 0 Å². The molecule has 1 aromatic carbocycles. The number of carboxylic acids is 1. The minimum Gasteiger partial charge on any atom is -0.478 e. The van der Waals surface area contributed by atoms with Crippen LogP contribution in [-0.2, 0) is 11.3 Å². The number of nitrogens with zero attached hydrogens (tertiary/aromatic N) is 1. The van der Waals surface area contributed by atoms with E-state index in [0.29, 0.717) is 18.2 Å². The average Bonchev–Trinajstić information content (AvgIpc) is 2.37.